The number of aromatic nitrogens is 1. The molecule has 0 amide bonds. The number of rotatable bonds is 3. The summed E-state index contributed by atoms with van der Waals surface area (Å²) >= 11 is 0. The van der Waals surface area contributed by atoms with Gasteiger partial charge in [0.15, 0.2) is 0 Å². The SMILES string of the molecule is Cc1cc(COc2cccc(F)c2)no1. The van der Waals surface area contributed by atoms with Gasteiger partial charge in [0.2, 0.25) is 0 Å². The number of halogens is 1. The topological polar surface area (TPSA) is 35.3 Å². The molecule has 0 atom stereocenters. The Labute approximate surface area is 86.5 Å². The van der Waals surface area contributed by atoms with Crippen LogP contribution in [-0.4, -0.2) is 5.16 Å². The summed E-state index contributed by atoms with van der Waals surface area (Å²) in [5.74, 6) is 0.896. The highest BCUT2D eigenvalue weighted by Gasteiger charge is 2.01. The zero-order valence-corrected chi connectivity index (χ0v) is 8.24. The first-order valence-corrected chi connectivity index (χ1v) is 4.54. The minimum absolute atomic E-state index is 0.279. The van der Waals surface area contributed by atoms with Crippen molar-refractivity contribution in [1.82, 2.24) is 5.16 Å². The summed E-state index contributed by atoms with van der Waals surface area (Å²) in [5.41, 5.74) is 0.691. The van der Waals surface area contributed by atoms with Crippen molar-refractivity contribution >= 4 is 0 Å². The first-order valence-electron chi connectivity index (χ1n) is 4.54. The second kappa shape index (κ2) is 4.13. The standard InChI is InChI=1S/C11H10FNO2/c1-8-5-10(13-15-8)7-14-11-4-2-3-9(12)6-11/h2-6H,7H2,1H3. The molecule has 4 heteroatoms. The van der Waals surface area contributed by atoms with E-state index in [1.54, 1.807) is 25.1 Å². The Morgan fingerprint density at radius 3 is 2.93 bits per heavy atom. The summed E-state index contributed by atoms with van der Waals surface area (Å²) in [6.45, 7) is 2.08. The number of nitrogens with zero attached hydrogens (tertiary/aromatic N) is 1. The van der Waals surface area contributed by atoms with Crippen molar-refractivity contribution in [2.75, 3.05) is 0 Å². The second-order valence-electron chi connectivity index (χ2n) is 3.17. The van der Waals surface area contributed by atoms with Crippen LogP contribution in [0.25, 0.3) is 0 Å². The average Bonchev–Trinajstić information content (AvgIpc) is 2.62. The molecule has 0 saturated heterocycles. The van der Waals surface area contributed by atoms with E-state index in [9.17, 15) is 4.39 Å². The Hall–Kier alpha value is -1.84. The molecule has 2 rings (SSSR count). The van der Waals surface area contributed by atoms with E-state index >= 15 is 0 Å². The van der Waals surface area contributed by atoms with E-state index in [1.807, 2.05) is 0 Å². The van der Waals surface area contributed by atoms with Crippen LogP contribution in [0.5, 0.6) is 5.75 Å². The lowest BCUT2D eigenvalue weighted by atomic mass is 10.3. The Morgan fingerprint density at radius 1 is 1.40 bits per heavy atom. The molecule has 0 fully saturated rings. The van der Waals surface area contributed by atoms with E-state index in [-0.39, 0.29) is 12.4 Å². The zero-order chi connectivity index (χ0) is 10.7. The molecule has 0 aliphatic rings. The van der Waals surface area contributed by atoms with E-state index in [0.29, 0.717) is 11.4 Å². The zero-order valence-electron chi connectivity index (χ0n) is 8.24. The molecule has 0 saturated carbocycles. The van der Waals surface area contributed by atoms with Crippen LogP contribution >= 0.6 is 0 Å². The lowest BCUT2D eigenvalue weighted by Crippen LogP contribution is -1.95. The van der Waals surface area contributed by atoms with Crippen molar-refractivity contribution < 1.29 is 13.7 Å². The largest absolute Gasteiger partial charge is 0.487 e. The fraction of sp³-hybridized carbons (Fsp3) is 0.182. The van der Waals surface area contributed by atoms with Crippen molar-refractivity contribution in [1.29, 1.82) is 0 Å². The molecule has 1 aromatic carbocycles. The molecule has 1 heterocycles. The van der Waals surface area contributed by atoms with Gasteiger partial charge < -0.3 is 9.26 Å². The van der Waals surface area contributed by atoms with E-state index in [2.05, 4.69) is 5.16 Å². The maximum atomic E-state index is 12.8. The average molecular weight is 207 g/mol. The second-order valence-corrected chi connectivity index (χ2v) is 3.17. The molecule has 0 aliphatic carbocycles. The third kappa shape index (κ3) is 2.56. The van der Waals surface area contributed by atoms with E-state index in [0.717, 1.165) is 5.76 Å². The number of aryl methyl sites for hydroxylation is 1. The fourth-order valence-electron chi connectivity index (χ4n) is 1.20. The van der Waals surface area contributed by atoms with Gasteiger partial charge in [0.05, 0.1) is 0 Å². The third-order valence-electron chi connectivity index (χ3n) is 1.86. The first-order chi connectivity index (χ1) is 7.24. The first kappa shape index (κ1) is 9.71. The quantitative estimate of drug-likeness (QED) is 0.776. The molecule has 0 aliphatic heterocycles. The lowest BCUT2D eigenvalue weighted by molar-refractivity contribution is 0.286. The molecule has 78 valence electrons. The highest BCUT2D eigenvalue weighted by Crippen LogP contribution is 2.13. The van der Waals surface area contributed by atoms with Gasteiger partial charge in [0.1, 0.15) is 29.6 Å². The summed E-state index contributed by atoms with van der Waals surface area (Å²) in [6.07, 6.45) is 0. The predicted octanol–water partition coefficient (Wildman–Crippen LogP) is 2.70. The fourth-order valence-corrected chi connectivity index (χ4v) is 1.20. The van der Waals surface area contributed by atoms with Gasteiger partial charge in [-0.3, -0.25) is 0 Å². The normalized spacial score (nSPS) is 10.3. The highest BCUT2D eigenvalue weighted by molar-refractivity contribution is 5.22. The van der Waals surface area contributed by atoms with Gasteiger partial charge in [-0.2, -0.15) is 0 Å². The third-order valence-corrected chi connectivity index (χ3v) is 1.86. The van der Waals surface area contributed by atoms with Crippen LogP contribution in [0.15, 0.2) is 34.9 Å². The van der Waals surface area contributed by atoms with Crippen LogP contribution in [0, 0.1) is 12.7 Å². The lowest BCUT2D eigenvalue weighted by Gasteiger charge is -2.02. The molecule has 0 N–H and O–H groups in total. The van der Waals surface area contributed by atoms with Crippen molar-refractivity contribution in [2.45, 2.75) is 13.5 Å². The molecule has 0 spiro atoms. The van der Waals surface area contributed by atoms with Crippen molar-refractivity contribution in [3.63, 3.8) is 0 Å². The summed E-state index contributed by atoms with van der Waals surface area (Å²) in [4.78, 5) is 0. The predicted molar refractivity (Wildman–Crippen MR) is 52.0 cm³/mol. The number of ether oxygens (including phenoxy) is 1. The van der Waals surface area contributed by atoms with Gasteiger partial charge in [-0.05, 0) is 19.1 Å². The molecule has 0 bridgehead atoms. The molecular formula is C11H10FNO2. The number of benzene rings is 1. The van der Waals surface area contributed by atoms with Crippen LogP contribution in [0.3, 0.4) is 0 Å². The summed E-state index contributed by atoms with van der Waals surface area (Å²) in [5, 5.41) is 3.76. The molecule has 0 radical (unpaired) electrons. The van der Waals surface area contributed by atoms with Gasteiger partial charge in [0, 0.05) is 12.1 Å². The van der Waals surface area contributed by atoms with E-state index in [1.165, 1.54) is 12.1 Å². The molecule has 0 unspecified atom stereocenters. The Balaban J connectivity index is 1.99. The van der Waals surface area contributed by atoms with Crippen molar-refractivity contribution in [3.05, 3.63) is 47.6 Å². The summed E-state index contributed by atoms with van der Waals surface area (Å²) < 4.78 is 23.0. The van der Waals surface area contributed by atoms with Crippen LogP contribution in [0.4, 0.5) is 4.39 Å². The summed E-state index contributed by atoms with van der Waals surface area (Å²) in [7, 11) is 0. The monoisotopic (exact) mass is 207 g/mol. The van der Waals surface area contributed by atoms with Crippen molar-refractivity contribution in [2.24, 2.45) is 0 Å². The number of hydrogen-bond donors (Lipinski definition) is 0. The van der Waals surface area contributed by atoms with Gasteiger partial charge >= 0.3 is 0 Å². The highest BCUT2D eigenvalue weighted by atomic mass is 19.1. The van der Waals surface area contributed by atoms with Gasteiger partial charge in [-0.25, -0.2) is 4.39 Å². The Kier molecular flexibility index (Phi) is 2.67. The van der Waals surface area contributed by atoms with Crippen LogP contribution in [0.2, 0.25) is 0 Å². The Morgan fingerprint density at radius 2 is 2.27 bits per heavy atom. The van der Waals surface area contributed by atoms with Gasteiger partial charge in [0.25, 0.3) is 0 Å². The minimum Gasteiger partial charge on any atom is -0.487 e. The van der Waals surface area contributed by atoms with Crippen LogP contribution in [-0.2, 0) is 6.61 Å². The van der Waals surface area contributed by atoms with E-state index in [4.69, 9.17) is 9.26 Å². The maximum Gasteiger partial charge on any atom is 0.134 e. The van der Waals surface area contributed by atoms with Gasteiger partial charge in [-0.15, -0.1) is 0 Å². The van der Waals surface area contributed by atoms with E-state index < -0.39 is 0 Å². The minimum atomic E-state index is -0.316. The van der Waals surface area contributed by atoms with Crippen LogP contribution < -0.4 is 4.74 Å². The molecule has 3 nitrogen and oxygen atoms in total. The Bertz CT molecular complexity index is 453. The summed E-state index contributed by atoms with van der Waals surface area (Å²) in [6, 6.07) is 7.76. The van der Waals surface area contributed by atoms with Crippen molar-refractivity contribution in [3.8, 4) is 5.75 Å². The van der Waals surface area contributed by atoms with Crippen LogP contribution in [0.1, 0.15) is 11.5 Å². The number of hydrogen-bond acceptors (Lipinski definition) is 3. The maximum absolute atomic E-state index is 12.8. The van der Waals surface area contributed by atoms with Gasteiger partial charge in [-0.1, -0.05) is 11.2 Å². The molecule has 15 heavy (non-hydrogen) atoms. The molecular weight excluding hydrogens is 197 g/mol. The smallest absolute Gasteiger partial charge is 0.134 e. The molecule has 1 aromatic heterocycles. The molecule has 2 aromatic rings.